The summed E-state index contributed by atoms with van der Waals surface area (Å²) in [5.74, 6) is 1.58. The van der Waals surface area contributed by atoms with Crippen LogP contribution in [0.1, 0.15) is 11.3 Å². The van der Waals surface area contributed by atoms with Crippen molar-refractivity contribution < 1.29 is 4.74 Å². The molecule has 0 aliphatic rings. The maximum Gasteiger partial charge on any atom is 0.143 e. The molecule has 20 heavy (non-hydrogen) atoms. The monoisotopic (exact) mass is 283 g/mol. The molecule has 3 heteroatoms. The van der Waals surface area contributed by atoms with E-state index in [4.69, 9.17) is 16.3 Å². The van der Waals surface area contributed by atoms with E-state index in [9.17, 15) is 0 Å². The van der Waals surface area contributed by atoms with Crippen LogP contribution in [-0.4, -0.2) is 4.98 Å². The van der Waals surface area contributed by atoms with Gasteiger partial charge in [-0.1, -0.05) is 35.9 Å². The van der Waals surface area contributed by atoms with Crippen LogP contribution >= 0.6 is 11.6 Å². The van der Waals surface area contributed by atoms with Gasteiger partial charge in [-0.25, -0.2) is 0 Å². The Morgan fingerprint density at radius 1 is 0.950 bits per heavy atom. The molecular weight excluding hydrogens is 270 g/mol. The molecule has 0 aliphatic heterocycles. The molecule has 0 saturated carbocycles. The van der Waals surface area contributed by atoms with Crippen LogP contribution in [-0.2, 0) is 0 Å². The van der Waals surface area contributed by atoms with E-state index in [1.165, 1.54) is 0 Å². The van der Waals surface area contributed by atoms with Gasteiger partial charge in [0.2, 0.25) is 0 Å². The number of rotatable bonds is 2. The van der Waals surface area contributed by atoms with E-state index in [-0.39, 0.29) is 0 Å². The van der Waals surface area contributed by atoms with Gasteiger partial charge in [-0.15, -0.1) is 0 Å². The molecule has 100 valence electrons. The van der Waals surface area contributed by atoms with Crippen LogP contribution in [0.5, 0.6) is 11.5 Å². The molecule has 0 spiro atoms. The Morgan fingerprint density at radius 3 is 2.45 bits per heavy atom. The Bertz CT molecular complexity index is 769. The molecule has 3 rings (SSSR count). The van der Waals surface area contributed by atoms with Crippen LogP contribution in [0.15, 0.2) is 48.5 Å². The van der Waals surface area contributed by atoms with E-state index >= 15 is 0 Å². The van der Waals surface area contributed by atoms with Gasteiger partial charge in [-0.3, -0.25) is 4.98 Å². The van der Waals surface area contributed by atoms with Gasteiger partial charge in [0.05, 0.1) is 15.9 Å². The highest BCUT2D eigenvalue weighted by atomic mass is 35.5. The second kappa shape index (κ2) is 5.14. The first-order chi connectivity index (χ1) is 9.66. The number of aryl methyl sites for hydroxylation is 1. The maximum atomic E-state index is 6.33. The second-order valence-electron chi connectivity index (χ2n) is 4.70. The summed E-state index contributed by atoms with van der Waals surface area (Å²) < 4.78 is 6.06. The number of hydrogen-bond acceptors (Lipinski definition) is 2. The average Bonchev–Trinajstić information content (AvgIpc) is 2.45. The summed E-state index contributed by atoms with van der Waals surface area (Å²) in [6.07, 6.45) is 0. The highest BCUT2D eigenvalue weighted by Gasteiger charge is 2.14. The lowest BCUT2D eigenvalue weighted by Crippen LogP contribution is -1.96. The van der Waals surface area contributed by atoms with E-state index < -0.39 is 0 Å². The first-order valence-corrected chi connectivity index (χ1v) is 6.83. The van der Waals surface area contributed by atoms with Crippen molar-refractivity contribution in [3.8, 4) is 11.5 Å². The largest absolute Gasteiger partial charge is 0.456 e. The third-order valence-corrected chi connectivity index (χ3v) is 3.67. The first kappa shape index (κ1) is 12.9. The predicted molar refractivity (Wildman–Crippen MR) is 82.7 cm³/mol. The van der Waals surface area contributed by atoms with Crippen LogP contribution in [0.4, 0.5) is 0 Å². The van der Waals surface area contributed by atoms with E-state index in [1.54, 1.807) is 0 Å². The Labute approximate surface area is 123 Å². The molecule has 0 saturated heterocycles. The molecule has 3 aromatic rings. The van der Waals surface area contributed by atoms with Crippen molar-refractivity contribution in [2.45, 2.75) is 13.8 Å². The van der Waals surface area contributed by atoms with Gasteiger partial charge in [0.15, 0.2) is 0 Å². The molecule has 1 aromatic heterocycles. The number of fused-ring (bicyclic) bond motifs is 1. The SMILES string of the molecule is Cc1nc2cccc(Cl)c2c(Oc2ccccc2)c1C. The van der Waals surface area contributed by atoms with Gasteiger partial charge in [0.1, 0.15) is 11.5 Å². The minimum atomic E-state index is 0.657. The number of ether oxygens (including phenoxy) is 1. The average molecular weight is 284 g/mol. The van der Waals surface area contributed by atoms with Gasteiger partial charge in [0, 0.05) is 11.3 Å². The van der Waals surface area contributed by atoms with Crippen LogP contribution < -0.4 is 4.74 Å². The quantitative estimate of drug-likeness (QED) is 0.637. The van der Waals surface area contributed by atoms with Crippen molar-refractivity contribution >= 4 is 22.5 Å². The van der Waals surface area contributed by atoms with Gasteiger partial charge in [0.25, 0.3) is 0 Å². The molecule has 1 heterocycles. The van der Waals surface area contributed by atoms with E-state index in [0.717, 1.165) is 33.7 Å². The molecule has 0 aliphatic carbocycles. The summed E-state index contributed by atoms with van der Waals surface area (Å²) >= 11 is 6.33. The Balaban J connectivity index is 2.25. The number of hydrogen-bond donors (Lipinski definition) is 0. The standard InChI is InChI=1S/C17H14ClNO/c1-11-12(2)19-15-10-6-9-14(18)16(15)17(11)20-13-7-4-3-5-8-13/h3-10H,1-2H3. The van der Waals surface area contributed by atoms with Gasteiger partial charge < -0.3 is 4.74 Å². The van der Waals surface area contributed by atoms with Crippen LogP contribution in [0, 0.1) is 13.8 Å². The fraction of sp³-hybridized carbons (Fsp3) is 0.118. The summed E-state index contributed by atoms with van der Waals surface area (Å²) in [5.41, 5.74) is 2.81. The lowest BCUT2D eigenvalue weighted by Gasteiger charge is -2.14. The van der Waals surface area contributed by atoms with Crippen LogP contribution in [0.3, 0.4) is 0 Å². The molecule has 0 fully saturated rings. The highest BCUT2D eigenvalue weighted by molar-refractivity contribution is 6.36. The lowest BCUT2D eigenvalue weighted by atomic mass is 10.1. The Morgan fingerprint density at radius 2 is 1.70 bits per heavy atom. The molecule has 0 atom stereocenters. The van der Waals surface area contributed by atoms with E-state index in [1.807, 2.05) is 62.4 Å². The zero-order valence-electron chi connectivity index (χ0n) is 11.4. The second-order valence-corrected chi connectivity index (χ2v) is 5.11. The van der Waals surface area contributed by atoms with Crippen molar-refractivity contribution in [2.75, 3.05) is 0 Å². The normalized spacial score (nSPS) is 10.8. The van der Waals surface area contributed by atoms with E-state index in [2.05, 4.69) is 4.98 Å². The number of halogens is 1. The molecule has 0 bridgehead atoms. The van der Waals surface area contributed by atoms with Crippen molar-refractivity contribution in [1.82, 2.24) is 4.98 Å². The summed E-state index contributed by atoms with van der Waals surface area (Å²) in [5, 5.41) is 1.52. The van der Waals surface area contributed by atoms with E-state index in [0.29, 0.717) is 5.02 Å². The summed E-state index contributed by atoms with van der Waals surface area (Å²) in [4.78, 5) is 4.57. The van der Waals surface area contributed by atoms with Crippen molar-refractivity contribution in [3.05, 3.63) is 64.8 Å². The molecule has 0 N–H and O–H groups in total. The molecule has 2 aromatic carbocycles. The third kappa shape index (κ3) is 2.23. The molecule has 2 nitrogen and oxygen atoms in total. The van der Waals surface area contributed by atoms with Crippen molar-refractivity contribution in [3.63, 3.8) is 0 Å². The fourth-order valence-electron chi connectivity index (χ4n) is 2.18. The number of nitrogens with zero attached hydrogens (tertiary/aromatic N) is 1. The topological polar surface area (TPSA) is 22.1 Å². The lowest BCUT2D eigenvalue weighted by molar-refractivity contribution is 0.483. The minimum Gasteiger partial charge on any atom is -0.456 e. The van der Waals surface area contributed by atoms with Gasteiger partial charge in [-0.05, 0) is 38.1 Å². The van der Waals surface area contributed by atoms with Crippen LogP contribution in [0.25, 0.3) is 10.9 Å². The van der Waals surface area contributed by atoms with Gasteiger partial charge >= 0.3 is 0 Å². The molecule has 0 radical (unpaired) electrons. The van der Waals surface area contributed by atoms with Crippen molar-refractivity contribution in [2.24, 2.45) is 0 Å². The Hall–Kier alpha value is -2.06. The zero-order valence-corrected chi connectivity index (χ0v) is 12.1. The summed E-state index contributed by atoms with van der Waals surface area (Å²) in [6.45, 7) is 3.98. The first-order valence-electron chi connectivity index (χ1n) is 6.45. The number of benzene rings is 2. The van der Waals surface area contributed by atoms with Crippen LogP contribution in [0.2, 0.25) is 5.02 Å². The Kier molecular flexibility index (Phi) is 3.33. The smallest absolute Gasteiger partial charge is 0.143 e. The number of para-hydroxylation sites is 1. The molecule has 0 unspecified atom stereocenters. The molecule has 0 amide bonds. The van der Waals surface area contributed by atoms with Crippen molar-refractivity contribution in [1.29, 1.82) is 0 Å². The maximum absolute atomic E-state index is 6.33. The fourth-order valence-corrected chi connectivity index (χ4v) is 2.44. The third-order valence-electron chi connectivity index (χ3n) is 3.35. The summed E-state index contributed by atoms with van der Waals surface area (Å²) in [6, 6.07) is 15.4. The zero-order chi connectivity index (χ0) is 14.1. The highest BCUT2D eigenvalue weighted by Crippen LogP contribution is 2.37. The predicted octanol–water partition coefficient (Wildman–Crippen LogP) is 5.30. The van der Waals surface area contributed by atoms with Gasteiger partial charge in [-0.2, -0.15) is 0 Å². The molecular formula is C17H14ClNO. The number of pyridine rings is 1. The number of aromatic nitrogens is 1. The summed E-state index contributed by atoms with van der Waals surface area (Å²) in [7, 11) is 0. The minimum absolute atomic E-state index is 0.657.